The van der Waals surface area contributed by atoms with Crippen molar-refractivity contribution in [3.8, 4) is 11.5 Å². The predicted molar refractivity (Wildman–Crippen MR) is 75.4 cm³/mol. The monoisotopic (exact) mass is 260 g/mol. The molecule has 0 amide bonds. The number of aliphatic hydroxyl groups excluding tert-OH is 1. The molecule has 1 atom stereocenters. The molecule has 1 aliphatic rings. The second-order valence-electron chi connectivity index (χ2n) is 5.12. The molecule has 0 saturated carbocycles. The molecule has 1 aromatic rings. The van der Waals surface area contributed by atoms with Gasteiger partial charge in [0, 0.05) is 5.56 Å². The normalized spacial score (nSPS) is 20.5. The van der Waals surface area contributed by atoms with E-state index in [1.54, 1.807) is 12.1 Å². The Morgan fingerprint density at radius 2 is 2.00 bits per heavy atom. The van der Waals surface area contributed by atoms with Crippen molar-refractivity contribution in [2.75, 3.05) is 6.61 Å². The number of allylic oxidation sites excluding steroid dienone is 1. The van der Waals surface area contributed by atoms with Crippen LogP contribution in [-0.4, -0.2) is 22.9 Å². The van der Waals surface area contributed by atoms with Gasteiger partial charge in [-0.15, -0.1) is 0 Å². The van der Waals surface area contributed by atoms with Gasteiger partial charge in [0.05, 0.1) is 6.10 Å². The number of hydrogen-bond donors (Lipinski definition) is 2. The summed E-state index contributed by atoms with van der Waals surface area (Å²) in [6.45, 7) is 4.38. The lowest BCUT2D eigenvalue weighted by Gasteiger charge is -2.13. The molecule has 19 heavy (non-hydrogen) atoms. The highest BCUT2D eigenvalue weighted by atomic mass is 16.5. The average molecular weight is 260 g/mol. The Hall–Kier alpha value is -1.74. The van der Waals surface area contributed by atoms with Crippen LogP contribution in [0.15, 0.2) is 41.5 Å². The molecular formula is C16H20O3. The van der Waals surface area contributed by atoms with Crippen molar-refractivity contribution in [3.63, 3.8) is 0 Å². The number of ether oxygens (including phenoxy) is 1. The van der Waals surface area contributed by atoms with Gasteiger partial charge in [-0.2, -0.15) is 0 Å². The van der Waals surface area contributed by atoms with E-state index in [1.165, 1.54) is 0 Å². The number of fused-ring (bicyclic) bond motifs is 2. The van der Waals surface area contributed by atoms with Gasteiger partial charge < -0.3 is 14.9 Å². The Balaban J connectivity index is 2.33. The molecule has 0 saturated heterocycles. The van der Waals surface area contributed by atoms with Crippen molar-refractivity contribution in [2.24, 2.45) is 0 Å². The Kier molecular flexibility index (Phi) is 4.27. The van der Waals surface area contributed by atoms with Gasteiger partial charge in [0.25, 0.3) is 0 Å². The molecule has 2 rings (SSSR count). The van der Waals surface area contributed by atoms with Crippen LogP contribution in [0, 0.1) is 0 Å². The van der Waals surface area contributed by atoms with E-state index < -0.39 is 6.10 Å². The highest BCUT2D eigenvalue weighted by Crippen LogP contribution is 2.25. The molecule has 3 nitrogen and oxygen atoms in total. The lowest BCUT2D eigenvalue weighted by molar-refractivity contribution is 0.221. The van der Waals surface area contributed by atoms with Crippen LogP contribution in [0.1, 0.15) is 25.8 Å². The number of rotatable bonds is 0. The molecule has 0 aromatic heterocycles. The maximum absolute atomic E-state index is 9.93. The zero-order valence-corrected chi connectivity index (χ0v) is 11.4. The molecule has 1 heterocycles. The number of phenolic OH excluding ortho intramolecular Hbond substituents is 1. The van der Waals surface area contributed by atoms with Crippen LogP contribution >= 0.6 is 0 Å². The number of hydrogen-bond acceptors (Lipinski definition) is 3. The fraction of sp³-hybridized carbons (Fsp3) is 0.375. The van der Waals surface area contributed by atoms with Crippen LogP contribution in [0.2, 0.25) is 0 Å². The third kappa shape index (κ3) is 3.86. The summed E-state index contributed by atoms with van der Waals surface area (Å²) in [5.74, 6) is 1.02. The third-order valence-corrected chi connectivity index (χ3v) is 3.20. The molecule has 0 spiro atoms. The molecule has 0 aliphatic carbocycles. The number of phenols is 1. The summed E-state index contributed by atoms with van der Waals surface area (Å²) in [4.78, 5) is 0. The molecule has 1 aromatic carbocycles. The fourth-order valence-corrected chi connectivity index (χ4v) is 2.15. The van der Waals surface area contributed by atoms with Gasteiger partial charge in [-0.1, -0.05) is 17.7 Å². The van der Waals surface area contributed by atoms with Gasteiger partial charge in [-0.25, -0.2) is 0 Å². The van der Waals surface area contributed by atoms with Crippen molar-refractivity contribution < 1.29 is 14.9 Å². The van der Waals surface area contributed by atoms with E-state index in [1.807, 2.05) is 32.1 Å². The van der Waals surface area contributed by atoms with Gasteiger partial charge in [0.15, 0.2) is 0 Å². The van der Waals surface area contributed by atoms with E-state index in [0.29, 0.717) is 19.4 Å². The van der Waals surface area contributed by atoms with Crippen molar-refractivity contribution in [3.05, 3.63) is 47.1 Å². The molecule has 0 fully saturated rings. The number of aliphatic hydroxyl groups is 1. The van der Waals surface area contributed by atoms with Crippen molar-refractivity contribution in [1.82, 2.24) is 0 Å². The van der Waals surface area contributed by atoms with Crippen LogP contribution < -0.4 is 4.74 Å². The van der Waals surface area contributed by atoms with Gasteiger partial charge in [0.1, 0.15) is 18.1 Å². The maximum atomic E-state index is 9.93. The first-order chi connectivity index (χ1) is 9.04. The predicted octanol–water partition coefficient (Wildman–Crippen LogP) is 2.97. The smallest absolute Gasteiger partial charge is 0.120 e. The summed E-state index contributed by atoms with van der Waals surface area (Å²) in [5, 5.41) is 19.7. The summed E-state index contributed by atoms with van der Waals surface area (Å²) < 4.78 is 5.65. The topological polar surface area (TPSA) is 49.7 Å². The summed E-state index contributed by atoms with van der Waals surface area (Å²) in [5.41, 5.74) is 2.95. The summed E-state index contributed by atoms with van der Waals surface area (Å²) >= 11 is 0. The molecule has 3 heteroatoms. The second kappa shape index (κ2) is 5.93. The van der Waals surface area contributed by atoms with Gasteiger partial charge in [-0.3, -0.25) is 0 Å². The van der Waals surface area contributed by atoms with E-state index in [0.717, 1.165) is 22.5 Å². The molecule has 0 radical (unpaired) electrons. The van der Waals surface area contributed by atoms with Crippen LogP contribution in [0.4, 0.5) is 0 Å². The summed E-state index contributed by atoms with van der Waals surface area (Å²) in [6.07, 6.45) is 4.64. The summed E-state index contributed by atoms with van der Waals surface area (Å²) in [7, 11) is 0. The van der Waals surface area contributed by atoms with Gasteiger partial charge >= 0.3 is 0 Å². The molecular weight excluding hydrogens is 240 g/mol. The Morgan fingerprint density at radius 1 is 1.21 bits per heavy atom. The lowest BCUT2D eigenvalue weighted by atomic mass is 10.0. The lowest BCUT2D eigenvalue weighted by Crippen LogP contribution is -2.08. The van der Waals surface area contributed by atoms with Gasteiger partial charge in [-0.05, 0) is 50.5 Å². The standard InChI is InChI=1S/C16H20O3/c1-11-3-4-13-9-15(5-6-16(13)18)19-10-12(2)8-14(17)7-11/h3,5-6,8-9,14,17-18H,4,7,10H2,1-2H3/t14-/m0/s1. The van der Waals surface area contributed by atoms with E-state index >= 15 is 0 Å². The zero-order valence-electron chi connectivity index (χ0n) is 11.4. The number of benzene rings is 1. The average Bonchev–Trinajstić information content (AvgIpc) is 2.34. The third-order valence-electron chi connectivity index (χ3n) is 3.20. The maximum Gasteiger partial charge on any atom is 0.120 e. The minimum absolute atomic E-state index is 0.279. The minimum Gasteiger partial charge on any atom is -0.508 e. The minimum atomic E-state index is -0.480. The quantitative estimate of drug-likeness (QED) is 0.705. The van der Waals surface area contributed by atoms with E-state index in [4.69, 9.17) is 4.74 Å². The van der Waals surface area contributed by atoms with Gasteiger partial charge in [0.2, 0.25) is 0 Å². The Bertz CT molecular complexity index is 515. The van der Waals surface area contributed by atoms with E-state index in [2.05, 4.69) is 0 Å². The van der Waals surface area contributed by atoms with E-state index in [-0.39, 0.29) is 5.75 Å². The highest BCUT2D eigenvalue weighted by molar-refractivity contribution is 5.40. The Morgan fingerprint density at radius 3 is 2.79 bits per heavy atom. The van der Waals surface area contributed by atoms with Crippen LogP contribution in [0.3, 0.4) is 0 Å². The van der Waals surface area contributed by atoms with Crippen LogP contribution in [-0.2, 0) is 6.42 Å². The van der Waals surface area contributed by atoms with Crippen LogP contribution in [0.5, 0.6) is 11.5 Å². The zero-order chi connectivity index (χ0) is 13.8. The highest BCUT2D eigenvalue weighted by Gasteiger charge is 2.07. The first-order valence-corrected chi connectivity index (χ1v) is 6.50. The molecule has 2 bridgehead atoms. The molecule has 1 aliphatic heterocycles. The van der Waals surface area contributed by atoms with Crippen LogP contribution in [0.25, 0.3) is 0 Å². The van der Waals surface area contributed by atoms with Crippen molar-refractivity contribution in [2.45, 2.75) is 32.8 Å². The SMILES string of the molecule is CC1=C[C@@H](O)CC(C)=CCc2cc(ccc2O)OC1. The molecule has 2 N–H and O–H groups in total. The Labute approximate surface area is 113 Å². The second-order valence-corrected chi connectivity index (χ2v) is 5.12. The molecule has 0 unspecified atom stereocenters. The summed E-state index contributed by atoms with van der Waals surface area (Å²) in [6, 6.07) is 5.28. The molecule has 102 valence electrons. The first kappa shape index (κ1) is 13.7. The van der Waals surface area contributed by atoms with Crippen molar-refractivity contribution >= 4 is 0 Å². The van der Waals surface area contributed by atoms with E-state index in [9.17, 15) is 10.2 Å². The largest absolute Gasteiger partial charge is 0.508 e. The fourth-order valence-electron chi connectivity index (χ4n) is 2.15. The van der Waals surface area contributed by atoms with Crippen molar-refractivity contribution in [1.29, 1.82) is 0 Å². The first-order valence-electron chi connectivity index (χ1n) is 6.50. The number of aromatic hydroxyl groups is 1.